The molecule has 0 fully saturated rings. The average molecular weight is 73.1 g/mol. The fraction of sp³-hybridized carbons (Fsp3) is 0.667. The van der Waals surface area contributed by atoms with Crippen molar-refractivity contribution < 1.29 is 0 Å². The van der Waals surface area contributed by atoms with Crippen LogP contribution in [0.3, 0.4) is 0 Å². The number of hydrogen-bond donors (Lipinski definition) is 0. The molecule has 0 saturated heterocycles. The Labute approximate surface area is 31.8 Å². The van der Waals surface area contributed by atoms with Crippen molar-refractivity contribution >= 4 is 17.6 Å². The van der Waals surface area contributed by atoms with Crippen molar-refractivity contribution in [1.82, 2.24) is 0 Å². The monoisotopic (exact) mass is 73.0 g/mol. The first kappa shape index (κ1) is 4.09. The Kier molecular flexibility index (Phi) is 3.16. The standard InChI is InChI=1S/C3H5S/c1-2-3-4/h2H2,1H3. The Bertz CT molecular complexity index is 17.2. The molecular formula is C3H5S. The van der Waals surface area contributed by atoms with Gasteiger partial charge in [0.15, 0.2) is 0 Å². The van der Waals surface area contributed by atoms with Gasteiger partial charge in [-0.3, -0.25) is 0 Å². The first-order valence-electron chi connectivity index (χ1n) is 1.26. The SMILES string of the molecule is CC[C]=S. The minimum absolute atomic E-state index is 0.884. The van der Waals surface area contributed by atoms with E-state index in [1.54, 1.807) is 0 Å². The molecule has 1 heteroatoms. The molecule has 1 radical (unpaired) electrons. The zero-order chi connectivity index (χ0) is 3.41. The third-order valence-electron chi connectivity index (χ3n) is 0.144. The summed E-state index contributed by atoms with van der Waals surface area (Å²) in [4.78, 5) is 0. The van der Waals surface area contributed by atoms with E-state index in [2.05, 4.69) is 17.6 Å². The molecule has 0 atom stereocenters. The molecule has 0 unspecified atom stereocenters. The summed E-state index contributed by atoms with van der Waals surface area (Å²) in [5.41, 5.74) is 0. The van der Waals surface area contributed by atoms with E-state index < -0.39 is 0 Å². The molecule has 0 rings (SSSR count). The summed E-state index contributed by atoms with van der Waals surface area (Å²) in [6.45, 7) is 1.97. The van der Waals surface area contributed by atoms with Crippen LogP contribution in [0.1, 0.15) is 13.3 Å². The molecule has 0 aliphatic heterocycles. The first-order chi connectivity index (χ1) is 1.91. The Hall–Kier alpha value is 0.0900. The quantitative estimate of drug-likeness (QED) is 0.421. The highest BCUT2D eigenvalue weighted by Gasteiger charge is 1.50. The second kappa shape index (κ2) is 3.09. The van der Waals surface area contributed by atoms with Gasteiger partial charge < -0.3 is 0 Å². The lowest BCUT2D eigenvalue weighted by molar-refractivity contribution is 1.35. The van der Waals surface area contributed by atoms with E-state index in [1.807, 2.05) is 6.92 Å². The molecule has 0 aliphatic rings. The van der Waals surface area contributed by atoms with Crippen LogP contribution < -0.4 is 0 Å². The summed E-state index contributed by atoms with van der Waals surface area (Å²) in [6, 6.07) is 0. The van der Waals surface area contributed by atoms with Crippen molar-refractivity contribution in [2.24, 2.45) is 0 Å². The highest BCUT2D eigenvalue weighted by Crippen LogP contribution is 1.59. The van der Waals surface area contributed by atoms with Crippen LogP contribution in [-0.2, 0) is 0 Å². The summed E-state index contributed by atoms with van der Waals surface area (Å²) < 4.78 is 0. The van der Waals surface area contributed by atoms with Gasteiger partial charge in [0.2, 0.25) is 0 Å². The maximum atomic E-state index is 4.30. The Morgan fingerprint density at radius 2 is 2.25 bits per heavy atom. The Morgan fingerprint density at radius 3 is 2.25 bits per heavy atom. The van der Waals surface area contributed by atoms with E-state index in [0.29, 0.717) is 0 Å². The van der Waals surface area contributed by atoms with Gasteiger partial charge >= 0.3 is 0 Å². The number of hydrogen-bond acceptors (Lipinski definition) is 1. The van der Waals surface area contributed by atoms with E-state index in [9.17, 15) is 0 Å². The fourth-order valence-electron chi connectivity index (χ4n) is 0. The predicted octanol–water partition coefficient (Wildman–Crippen LogP) is 1.27. The second-order valence-corrected chi connectivity index (χ2v) is 0.787. The van der Waals surface area contributed by atoms with Crippen molar-refractivity contribution in [3.63, 3.8) is 0 Å². The zero-order valence-corrected chi connectivity index (χ0v) is 3.43. The van der Waals surface area contributed by atoms with Gasteiger partial charge in [-0.1, -0.05) is 19.1 Å². The predicted molar refractivity (Wildman–Crippen MR) is 22.9 cm³/mol. The molecule has 0 N–H and O–H groups in total. The summed E-state index contributed by atoms with van der Waals surface area (Å²) in [5, 5.41) is 2.51. The average Bonchev–Trinajstić information content (AvgIpc) is 1.37. The van der Waals surface area contributed by atoms with Gasteiger partial charge in [-0.15, -0.1) is 0 Å². The molecule has 0 heterocycles. The molecule has 4 heavy (non-hydrogen) atoms. The van der Waals surface area contributed by atoms with Crippen LogP contribution in [0.2, 0.25) is 0 Å². The number of thiocarbonyl (C=S) groups is 1. The summed E-state index contributed by atoms with van der Waals surface area (Å²) in [5.74, 6) is 0. The van der Waals surface area contributed by atoms with E-state index in [1.165, 1.54) is 0 Å². The minimum Gasteiger partial charge on any atom is -0.0837 e. The lowest BCUT2D eigenvalue weighted by Crippen LogP contribution is -1.49. The smallest absolute Gasteiger partial charge is 0.0288 e. The van der Waals surface area contributed by atoms with Crippen molar-refractivity contribution in [2.45, 2.75) is 13.3 Å². The van der Waals surface area contributed by atoms with E-state index in [-0.39, 0.29) is 0 Å². The maximum Gasteiger partial charge on any atom is 0.0288 e. The van der Waals surface area contributed by atoms with Gasteiger partial charge in [0.25, 0.3) is 0 Å². The molecule has 23 valence electrons. The van der Waals surface area contributed by atoms with Crippen molar-refractivity contribution in [2.75, 3.05) is 0 Å². The Balaban J connectivity index is 2.30. The van der Waals surface area contributed by atoms with Crippen LogP contribution in [0.4, 0.5) is 0 Å². The van der Waals surface area contributed by atoms with Crippen LogP contribution in [0.25, 0.3) is 0 Å². The van der Waals surface area contributed by atoms with Gasteiger partial charge in [-0.2, -0.15) is 0 Å². The maximum absolute atomic E-state index is 4.30. The molecule has 0 saturated carbocycles. The van der Waals surface area contributed by atoms with Crippen LogP contribution in [0.5, 0.6) is 0 Å². The second-order valence-electron chi connectivity index (χ2n) is 0.498. The molecule has 0 amide bonds. The van der Waals surface area contributed by atoms with Crippen LogP contribution in [0, 0.1) is 0 Å². The lowest BCUT2D eigenvalue weighted by Gasteiger charge is -1.53. The fourth-order valence-corrected chi connectivity index (χ4v) is 0. The van der Waals surface area contributed by atoms with E-state index in [4.69, 9.17) is 0 Å². The molecule has 0 aromatic carbocycles. The van der Waals surface area contributed by atoms with E-state index >= 15 is 0 Å². The zero-order valence-electron chi connectivity index (χ0n) is 2.62. The molecule has 0 spiro atoms. The summed E-state index contributed by atoms with van der Waals surface area (Å²) in [7, 11) is 0. The topological polar surface area (TPSA) is 0 Å². The van der Waals surface area contributed by atoms with Crippen LogP contribution in [-0.4, -0.2) is 5.37 Å². The molecule has 0 aliphatic carbocycles. The Morgan fingerprint density at radius 1 is 2.00 bits per heavy atom. The van der Waals surface area contributed by atoms with Gasteiger partial charge in [-0.05, 0) is 6.42 Å². The van der Waals surface area contributed by atoms with Crippen molar-refractivity contribution in [3.8, 4) is 0 Å². The van der Waals surface area contributed by atoms with Crippen molar-refractivity contribution in [1.29, 1.82) is 0 Å². The third kappa shape index (κ3) is 2.09. The molecule has 0 nitrogen and oxygen atoms in total. The lowest BCUT2D eigenvalue weighted by atomic mass is 10.6. The molecule has 0 bridgehead atoms. The molecular weight excluding hydrogens is 68.1 g/mol. The summed E-state index contributed by atoms with van der Waals surface area (Å²) >= 11 is 4.30. The van der Waals surface area contributed by atoms with Crippen LogP contribution >= 0.6 is 12.2 Å². The van der Waals surface area contributed by atoms with E-state index in [0.717, 1.165) is 6.42 Å². The van der Waals surface area contributed by atoms with Gasteiger partial charge in [0, 0.05) is 5.37 Å². The third-order valence-corrected chi connectivity index (χ3v) is 0.433. The highest BCUT2D eigenvalue weighted by molar-refractivity contribution is 7.78. The van der Waals surface area contributed by atoms with Gasteiger partial charge in [0.1, 0.15) is 0 Å². The van der Waals surface area contributed by atoms with Crippen LogP contribution in [0.15, 0.2) is 0 Å². The molecule has 0 aromatic rings. The number of rotatable bonds is 1. The van der Waals surface area contributed by atoms with Crippen molar-refractivity contribution in [3.05, 3.63) is 0 Å². The highest BCUT2D eigenvalue weighted by atomic mass is 32.1. The molecule has 0 aromatic heterocycles. The summed E-state index contributed by atoms with van der Waals surface area (Å²) in [6.07, 6.45) is 0.884. The minimum atomic E-state index is 0.884. The van der Waals surface area contributed by atoms with Gasteiger partial charge in [0.05, 0.1) is 0 Å². The largest absolute Gasteiger partial charge is 0.0837 e. The van der Waals surface area contributed by atoms with Gasteiger partial charge in [-0.25, -0.2) is 0 Å². The first-order valence-corrected chi connectivity index (χ1v) is 1.67. The normalized spacial score (nSPS) is 6.25.